The summed E-state index contributed by atoms with van der Waals surface area (Å²) in [4.78, 5) is 2.62. The van der Waals surface area contributed by atoms with Crippen LogP contribution in [0.3, 0.4) is 0 Å². The molecule has 1 rings (SSSR count). The molecule has 1 fully saturated rings. The molecule has 1 nitrogen and oxygen atoms in total. The van der Waals surface area contributed by atoms with E-state index in [2.05, 4.69) is 25.7 Å². The van der Waals surface area contributed by atoms with Crippen LogP contribution in [-0.2, 0) is 0 Å². The molecule has 0 N–H and O–H groups in total. The second-order valence-corrected chi connectivity index (χ2v) is 3.56. The third-order valence-electron chi connectivity index (χ3n) is 2.16. The number of nitrogens with zero attached hydrogens (tertiary/aromatic N) is 1. The fourth-order valence-corrected chi connectivity index (χ4v) is 1.53. The summed E-state index contributed by atoms with van der Waals surface area (Å²) in [6, 6.07) is 1.70. The predicted octanol–water partition coefficient (Wildman–Crippen LogP) is 2.27. The zero-order valence-electron chi connectivity index (χ0n) is 7.43. The van der Waals surface area contributed by atoms with Crippen molar-refractivity contribution in [2.75, 3.05) is 6.54 Å². The fraction of sp³-hybridized carbons (Fsp3) is 1.00. The van der Waals surface area contributed by atoms with E-state index in [-0.39, 0.29) is 0 Å². The van der Waals surface area contributed by atoms with Crippen molar-refractivity contribution in [1.29, 1.82) is 0 Å². The first-order chi connectivity index (χ1) is 4.75. The Labute approximate surface area is 64.4 Å². The molecule has 0 bridgehead atoms. The van der Waals surface area contributed by atoms with E-state index < -0.39 is 0 Å². The van der Waals surface area contributed by atoms with Gasteiger partial charge in [-0.3, -0.25) is 4.90 Å². The molecule has 60 valence electrons. The minimum Gasteiger partial charge on any atom is -0.298 e. The summed E-state index contributed by atoms with van der Waals surface area (Å²) in [6.07, 6.45) is 4.19. The maximum absolute atomic E-state index is 2.62. The quantitative estimate of drug-likeness (QED) is 0.580. The van der Waals surface area contributed by atoms with Crippen LogP contribution >= 0.6 is 0 Å². The fourth-order valence-electron chi connectivity index (χ4n) is 1.53. The van der Waals surface area contributed by atoms with E-state index in [9.17, 15) is 0 Å². The van der Waals surface area contributed by atoms with E-state index >= 15 is 0 Å². The Bertz CT molecular complexity index is 92.9. The standard InChI is InChI=1S/C9H19N/c1-4-7-10(8(2)3)9-5-6-9/h8-9H,4-7H2,1-3H3. The lowest BCUT2D eigenvalue weighted by atomic mass is 10.3. The third-order valence-corrected chi connectivity index (χ3v) is 2.16. The lowest BCUT2D eigenvalue weighted by Gasteiger charge is -2.25. The molecule has 1 heteroatoms. The van der Waals surface area contributed by atoms with Crippen molar-refractivity contribution in [3.8, 4) is 0 Å². The zero-order chi connectivity index (χ0) is 7.56. The summed E-state index contributed by atoms with van der Waals surface area (Å²) in [5, 5.41) is 0. The van der Waals surface area contributed by atoms with Crippen LogP contribution in [0.15, 0.2) is 0 Å². The monoisotopic (exact) mass is 141 g/mol. The molecule has 0 aliphatic heterocycles. The van der Waals surface area contributed by atoms with E-state index in [1.54, 1.807) is 0 Å². The molecule has 0 heterocycles. The van der Waals surface area contributed by atoms with Crippen molar-refractivity contribution in [2.24, 2.45) is 0 Å². The van der Waals surface area contributed by atoms with Gasteiger partial charge in [-0.2, -0.15) is 0 Å². The molecule has 0 spiro atoms. The first-order valence-corrected chi connectivity index (χ1v) is 4.51. The van der Waals surface area contributed by atoms with E-state index in [1.807, 2.05) is 0 Å². The second-order valence-electron chi connectivity index (χ2n) is 3.56. The average molecular weight is 141 g/mol. The highest BCUT2D eigenvalue weighted by Crippen LogP contribution is 2.28. The van der Waals surface area contributed by atoms with Gasteiger partial charge in [-0.05, 0) is 39.7 Å². The zero-order valence-corrected chi connectivity index (χ0v) is 7.43. The van der Waals surface area contributed by atoms with Gasteiger partial charge in [-0.1, -0.05) is 6.92 Å². The van der Waals surface area contributed by atoms with Crippen molar-refractivity contribution in [3.63, 3.8) is 0 Å². The van der Waals surface area contributed by atoms with Crippen LogP contribution in [0.5, 0.6) is 0 Å². The van der Waals surface area contributed by atoms with E-state index in [1.165, 1.54) is 25.8 Å². The van der Waals surface area contributed by atoms with Crippen molar-refractivity contribution in [3.05, 3.63) is 0 Å². The van der Waals surface area contributed by atoms with Crippen LogP contribution in [-0.4, -0.2) is 23.5 Å². The predicted molar refractivity (Wildman–Crippen MR) is 45.2 cm³/mol. The van der Waals surface area contributed by atoms with Gasteiger partial charge in [0.2, 0.25) is 0 Å². The smallest absolute Gasteiger partial charge is 0.00991 e. The molecule has 0 atom stereocenters. The normalized spacial score (nSPS) is 18.9. The van der Waals surface area contributed by atoms with Gasteiger partial charge in [-0.15, -0.1) is 0 Å². The molecule has 1 saturated carbocycles. The molecule has 0 aromatic carbocycles. The van der Waals surface area contributed by atoms with E-state index in [0.29, 0.717) is 0 Å². The van der Waals surface area contributed by atoms with E-state index in [4.69, 9.17) is 0 Å². The highest BCUT2D eigenvalue weighted by molar-refractivity contribution is 4.85. The first-order valence-electron chi connectivity index (χ1n) is 4.51. The average Bonchev–Trinajstić information content (AvgIpc) is 2.63. The van der Waals surface area contributed by atoms with Gasteiger partial charge in [0.25, 0.3) is 0 Å². The Kier molecular flexibility index (Phi) is 2.72. The maximum atomic E-state index is 2.62. The molecule has 0 aromatic heterocycles. The van der Waals surface area contributed by atoms with Crippen LogP contribution in [0.2, 0.25) is 0 Å². The molecular formula is C9H19N. The summed E-state index contributed by atoms with van der Waals surface area (Å²) < 4.78 is 0. The van der Waals surface area contributed by atoms with Crippen LogP contribution < -0.4 is 0 Å². The van der Waals surface area contributed by atoms with Gasteiger partial charge >= 0.3 is 0 Å². The molecule has 0 aromatic rings. The molecule has 0 unspecified atom stereocenters. The maximum Gasteiger partial charge on any atom is 0.00991 e. The van der Waals surface area contributed by atoms with Gasteiger partial charge < -0.3 is 0 Å². The minimum absolute atomic E-state index is 0.757. The van der Waals surface area contributed by atoms with Gasteiger partial charge in [0.05, 0.1) is 0 Å². The molecule has 1 aliphatic rings. The Hall–Kier alpha value is -0.0400. The second kappa shape index (κ2) is 3.38. The highest BCUT2D eigenvalue weighted by atomic mass is 15.2. The number of hydrogen-bond donors (Lipinski definition) is 0. The SMILES string of the molecule is CCCN(C(C)C)C1CC1. The highest BCUT2D eigenvalue weighted by Gasteiger charge is 2.29. The van der Waals surface area contributed by atoms with Gasteiger partial charge in [-0.25, -0.2) is 0 Å². The largest absolute Gasteiger partial charge is 0.298 e. The molecular weight excluding hydrogens is 122 g/mol. The van der Waals surface area contributed by atoms with Crippen LogP contribution in [0.4, 0.5) is 0 Å². The number of hydrogen-bond acceptors (Lipinski definition) is 1. The number of rotatable bonds is 4. The van der Waals surface area contributed by atoms with E-state index in [0.717, 1.165) is 12.1 Å². The van der Waals surface area contributed by atoms with Crippen molar-refractivity contribution in [2.45, 2.75) is 52.1 Å². The van der Waals surface area contributed by atoms with Crippen LogP contribution in [0.25, 0.3) is 0 Å². The summed E-state index contributed by atoms with van der Waals surface area (Å²) in [7, 11) is 0. The van der Waals surface area contributed by atoms with Gasteiger partial charge in [0.15, 0.2) is 0 Å². The summed E-state index contributed by atoms with van der Waals surface area (Å²) in [5.41, 5.74) is 0. The van der Waals surface area contributed by atoms with Crippen molar-refractivity contribution < 1.29 is 0 Å². The topological polar surface area (TPSA) is 3.24 Å². The molecule has 10 heavy (non-hydrogen) atoms. The van der Waals surface area contributed by atoms with Gasteiger partial charge in [0, 0.05) is 12.1 Å². The van der Waals surface area contributed by atoms with Crippen molar-refractivity contribution >= 4 is 0 Å². The molecule has 0 radical (unpaired) electrons. The Morgan fingerprint density at radius 3 is 2.30 bits per heavy atom. The Morgan fingerprint density at radius 2 is 2.00 bits per heavy atom. The van der Waals surface area contributed by atoms with Crippen LogP contribution in [0.1, 0.15) is 40.0 Å². The lowest BCUT2D eigenvalue weighted by molar-refractivity contribution is 0.212. The molecule has 1 aliphatic carbocycles. The van der Waals surface area contributed by atoms with Gasteiger partial charge in [0.1, 0.15) is 0 Å². The molecule has 0 amide bonds. The molecule has 0 saturated heterocycles. The van der Waals surface area contributed by atoms with Crippen molar-refractivity contribution in [1.82, 2.24) is 4.90 Å². The first kappa shape index (κ1) is 8.06. The third kappa shape index (κ3) is 1.98. The Morgan fingerprint density at radius 1 is 1.40 bits per heavy atom. The summed E-state index contributed by atoms with van der Waals surface area (Å²) >= 11 is 0. The summed E-state index contributed by atoms with van der Waals surface area (Å²) in [5.74, 6) is 0. The summed E-state index contributed by atoms with van der Waals surface area (Å²) in [6.45, 7) is 8.15. The Balaban J connectivity index is 2.26. The minimum atomic E-state index is 0.757. The van der Waals surface area contributed by atoms with Crippen LogP contribution in [0, 0.1) is 0 Å². The lowest BCUT2D eigenvalue weighted by Crippen LogP contribution is -2.33.